The predicted molar refractivity (Wildman–Crippen MR) is 76.7 cm³/mol. The fourth-order valence-corrected chi connectivity index (χ4v) is 3.18. The summed E-state index contributed by atoms with van der Waals surface area (Å²) in [7, 11) is 0. The van der Waals surface area contributed by atoms with Crippen LogP contribution in [0.3, 0.4) is 0 Å². The maximum absolute atomic E-state index is 12.7. The molecule has 6 heteroatoms. The molecular weight excluding hydrogens is 270 g/mol. The number of hydrogen-bond donors (Lipinski definition) is 1. The topological polar surface area (TPSA) is 73.1 Å². The zero-order valence-electron chi connectivity index (χ0n) is 11.2. The van der Waals surface area contributed by atoms with Crippen molar-refractivity contribution in [2.45, 2.75) is 25.4 Å². The highest BCUT2D eigenvalue weighted by molar-refractivity contribution is 6.00. The van der Waals surface area contributed by atoms with Crippen molar-refractivity contribution in [1.29, 1.82) is 0 Å². The Morgan fingerprint density at radius 3 is 2.86 bits per heavy atom. The molecule has 1 unspecified atom stereocenters. The lowest BCUT2D eigenvalue weighted by Gasteiger charge is -2.21. The molecule has 1 saturated heterocycles. The van der Waals surface area contributed by atoms with Gasteiger partial charge in [-0.05, 0) is 12.5 Å². The molecule has 3 heterocycles. The molecule has 1 aromatic heterocycles. The first kappa shape index (κ1) is 12.1. The van der Waals surface area contributed by atoms with Crippen molar-refractivity contribution in [1.82, 2.24) is 14.5 Å². The summed E-state index contributed by atoms with van der Waals surface area (Å²) in [6.07, 6.45) is 4.53. The van der Waals surface area contributed by atoms with Gasteiger partial charge in [-0.2, -0.15) is 0 Å². The Hall–Kier alpha value is -2.63. The minimum atomic E-state index is -0.618. The second-order valence-electron chi connectivity index (χ2n) is 5.35. The van der Waals surface area contributed by atoms with Crippen LogP contribution < -0.4 is 11.0 Å². The van der Waals surface area contributed by atoms with Crippen molar-refractivity contribution in [3.8, 4) is 0 Å². The molecule has 1 aromatic carbocycles. The normalized spacial score (nSPS) is 20.9. The number of carbonyl (C=O) groups excluding carboxylic acids is 2. The Labute approximate surface area is 119 Å². The van der Waals surface area contributed by atoms with E-state index in [0.717, 1.165) is 16.6 Å². The zero-order chi connectivity index (χ0) is 14.6. The Morgan fingerprint density at radius 1 is 1.19 bits per heavy atom. The first-order valence-corrected chi connectivity index (χ1v) is 6.91. The summed E-state index contributed by atoms with van der Waals surface area (Å²) in [4.78, 5) is 36.0. The van der Waals surface area contributed by atoms with Gasteiger partial charge in [-0.3, -0.25) is 24.0 Å². The van der Waals surface area contributed by atoms with E-state index >= 15 is 0 Å². The SMILES string of the molecule is O=C1CCC(n2c(=O)n3c4c(cccc42)C=CC3)C(=O)N1. The lowest BCUT2D eigenvalue weighted by atomic mass is 10.1. The first-order chi connectivity index (χ1) is 10.2. The maximum atomic E-state index is 12.7. The van der Waals surface area contributed by atoms with E-state index in [4.69, 9.17) is 0 Å². The predicted octanol–water partition coefficient (Wildman–Crippen LogP) is 0.808. The van der Waals surface area contributed by atoms with Crippen molar-refractivity contribution in [2.75, 3.05) is 0 Å². The van der Waals surface area contributed by atoms with Crippen molar-refractivity contribution in [3.05, 3.63) is 40.3 Å². The average Bonchev–Trinajstić information content (AvgIpc) is 2.75. The quantitative estimate of drug-likeness (QED) is 0.787. The number of piperidine rings is 1. The molecular formula is C15H13N3O3. The number of nitrogens with one attached hydrogen (secondary N) is 1. The van der Waals surface area contributed by atoms with Gasteiger partial charge in [-0.25, -0.2) is 4.79 Å². The Morgan fingerprint density at radius 2 is 2.05 bits per heavy atom. The molecule has 1 atom stereocenters. The van der Waals surface area contributed by atoms with Crippen molar-refractivity contribution >= 4 is 28.9 Å². The molecule has 0 aliphatic carbocycles. The second kappa shape index (κ2) is 4.18. The van der Waals surface area contributed by atoms with E-state index in [9.17, 15) is 14.4 Å². The third-order valence-corrected chi connectivity index (χ3v) is 4.12. The third-order valence-electron chi connectivity index (χ3n) is 4.12. The summed E-state index contributed by atoms with van der Waals surface area (Å²) in [5.74, 6) is -0.676. The van der Waals surface area contributed by atoms with E-state index in [1.54, 1.807) is 4.57 Å². The molecule has 0 spiro atoms. The van der Waals surface area contributed by atoms with Crippen LogP contribution in [0.15, 0.2) is 29.1 Å². The van der Waals surface area contributed by atoms with E-state index in [1.165, 1.54) is 4.57 Å². The molecule has 2 amide bonds. The largest absolute Gasteiger partial charge is 0.330 e. The number of rotatable bonds is 1. The molecule has 2 aliphatic rings. The number of imide groups is 1. The van der Waals surface area contributed by atoms with Crippen LogP contribution in [0.5, 0.6) is 0 Å². The maximum Gasteiger partial charge on any atom is 0.330 e. The highest BCUT2D eigenvalue weighted by Gasteiger charge is 2.32. The van der Waals surface area contributed by atoms with Crippen LogP contribution >= 0.6 is 0 Å². The van der Waals surface area contributed by atoms with Gasteiger partial charge in [0, 0.05) is 18.5 Å². The number of aromatic nitrogens is 2. The minimum absolute atomic E-state index is 0.198. The van der Waals surface area contributed by atoms with Crippen molar-refractivity contribution in [3.63, 3.8) is 0 Å². The lowest BCUT2D eigenvalue weighted by Crippen LogP contribution is -2.44. The molecule has 0 bridgehead atoms. The van der Waals surface area contributed by atoms with Gasteiger partial charge in [0.2, 0.25) is 11.8 Å². The number of amides is 2. The smallest absolute Gasteiger partial charge is 0.295 e. The lowest BCUT2D eigenvalue weighted by molar-refractivity contribution is -0.135. The van der Waals surface area contributed by atoms with E-state index in [1.807, 2.05) is 30.4 Å². The molecule has 4 rings (SSSR count). The summed E-state index contributed by atoms with van der Waals surface area (Å²) in [6.45, 7) is 0.507. The van der Waals surface area contributed by atoms with E-state index in [-0.39, 0.29) is 18.0 Å². The van der Waals surface area contributed by atoms with Crippen LogP contribution in [0.2, 0.25) is 0 Å². The number of nitrogens with zero attached hydrogens (tertiary/aromatic N) is 2. The van der Waals surface area contributed by atoms with Crippen LogP contribution in [-0.4, -0.2) is 20.9 Å². The number of benzene rings is 1. The first-order valence-electron chi connectivity index (χ1n) is 6.91. The van der Waals surface area contributed by atoms with Gasteiger partial charge >= 0.3 is 5.69 Å². The summed E-state index contributed by atoms with van der Waals surface area (Å²) < 4.78 is 3.20. The van der Waals surface area contributed by atoms with Crippen LogP contribution in [0, 0.1) is 0 Å². The Balaban J connectivity index is 1.97. The van der Waals surface area contributed by atoms with Gasteiger partial charge in [-0.1, -0.05) is 24.3 Å². The fraction of sp³-hybridized carbons (Fsp3) is 0.267. The third kappa shape index (κ3) is 1.62. The van der Waals surface area contributed by atoms with Gasteiger partial charge in [-0.15, -0.1) is 0 Å². The summed E-state index contributed by atoms with van der Waals surface area (Å²) in [6, 6.07) is 5.05. The van der Waals surface area contributed by atoms with Gasteiger partial charge in [0.1, 0.15) is 6.04 Å². The average molecular weight is 283 g/mol. The highest BCUT2D eigenvalue weighted by Crippen LogP contribution is 2.27. The van der Waals surface area contributed by atoms with Gasteiger partial charge in [0.25, 0.3) is 0 Å². The molecule has 21 heavy (non-hydrogen) atoms. The summed E-state index contributed by atoms with van der Waals surface area (Å²) in [5, 5.41) is 2.31. The zero-order valence-corrected chi connectivity index (χ0v) is 11.2. The summed E-state index contributed by atoms with van der Waals surface area (Å²) >= 11 is 0. The monoisotopic (exact) mass is 283 g/mol. The molecule has 1 N–H and O–H groups in total. The van der Waals surface area contributed by atoms with Crippen LogP contribution in [0.1, 0.15) is 24.4 Å². The van der Waals surface area contributed by atoms with E-state index < -0.39 is 11.9 Å². The molecule has 106 valence electrons. The van der Waals surface area contributed by atoms with Gasteiger partial charge in [0.05, 0.1) is 11.0 Å². The Bertz CT molecular complexity index is 872. The molecule has 6 nitrogen and oxygen atoms in total. The molecule has 0 saturated carbocycles. The van der Waals surface area contributed by atoms with Gasteiger partial charge in [0.15, 0.2) is 0 Å². The molecule has 2 aliphatic heterocycles. The molecule has 2 aromatic rings. The fourth-order valence-electron chi connectivity index (χ4n) is 3.18. The highest BCUT2D eigenvalue weighted by atomic mass is 16.2. The summed E-state index contributed by atoms with van der Waals surface area (Å²) in [5.41, 5.74) is 2.38. The second-order valence-corrected chi connectivity index (χ2v) is 5.35. The van der Waals surface area contributed by atoms with E-state index in [2.05, 4.69) is 5.32 Å². The number of hydrogen-bond acceptors (Lipinski definition) is 3. The van der Waals surface area contributed by atoms with Gasteiger partial charge < -0.3 is 0 Å². The number of imidazole rings is 1. The van der Waals surface area contributed by atoms with Crippen LogP contribution in [-0.2, 0) is 16.1 Å². The van der Waals surface area contributed by atoms with Crippen LogP contribution in [0.25, 0.3) is 17.1 Å². The van der Waals surface area contributed by atoms with Crippen molar-refractivity contribution < 1.29 is 9.59 Å². The molecule has 0 radical (unpaired) electrons. The van der Waals surface area contributed by atoms with Crippen LogP contribution in [0.4, 0.5) is 0 Å². The number of allylic oxidation sites excluding steroid dienone is 1. The Kier molecular flexibility index (Phi) is 2.42. The van der Waals surface area contributed by atoms with Crippen molar-refractivity contribution in [2.24, 2.45) is 0 Å². The minimum Gasteiger partial charge on any atom is -0.295 e. The standard InChI is InChI=1S/C15H13N3O3/c19-12-7-6-11(14(20)16-12)18-10-5-1-3-9-4-2-8-17(13(9)10)15(18)21/h1-5,11H,6-8H2,(H,16,19,20). The van der Waals surface area contributed by atoms with E-state index in [0.29, 0.717) is 13.0 Å². The molecule has 1 fully saturated rings. The number of para-hydroxylation sites is 1. The number of carbonyl (C=O) groups is 2.